The topological polar surface area (TPSA) is 33.0 Å². The molecule has 1 saturated heterocycles. The van der Waals surface area contributed by atoms with Gasteiger partial charge in [-0.1, -0.05) is 64.1 Å². The third-order valence-electron chi connectivity index (χ3n) is 3.39. The fraction of sp³-hybridized carbons (Fsp3) is 0.176. The average Bonchev–Trinajstić information content (AvgIpc) is 3.05. The van der Waals surface area contributed by atoms with Gasteiger partial charge in [0.1, 0.15) is 5.03 Å². The van der Waals surface area contributed by atoms with Gasteiger partial charge >= 0.3 is 0 Å². The Morgan fingerprint density at radius 2 is 1.86 bits per heavy atom. The summed E-state index contributed by atoms with van der Waals surface area (Å²) >= 11 is 5.23. The van der Waals surface area contributed by atoms with E-state index in [0.717, 1.165) is 16.9 Å². The van der Waals surface area contributed by atoms with Crippen molar-refractivity contribution in [1.82, 2.24) is 5.32 Å². The van der Waals surface area contributed by atoms with Gasteiger partial charge in [0.05, 0.1) is 0 Å². The van der Waals surface area contributed by atoms with E-state index in [4.69, 9.17) is 0 Å². The number of Topliss-reactive ketones (excluding diaryl/α,β-unsaturated/α-hetero) is 1. The smallest absolute Gasteiger partial charge is 0.289 e. The van der Waals surface area contributed by atoms with Crippen LogP contribution in [0.5, 0.6) is 0 Å². The molecule has 1 aliphatic rings. The van der Waals surface area contributed by atoms with E-state index in [9.17, 15) is 4.79 Å². The number of halogens is 1. The number of allylic oxidation sites excluding steroid dienone is 1. The van der Waals surface area contributed by atoms with E-state index in [1.54, 1.807) is 11.8 Å². The minimum absolute atomic E-state index is 0.0297. The highest BCUT2D eigenvalue weighted by Crippen LogP contribution is 2.30. The zero-order valence-corrected chi connectivity index (χ0v) is 14.3. The summed E-state index contributed by atoms with van der Waals surface area (Å²) < 4.78 is 1.89. The summed E-state index contributed by atoms with van der Waals surface area (Å²) in [4.78, 5) is 13.0. The lowest BCUT2D eigenvalue weighted by atomic mass is 10.1. The monoisotopic (exact) mass is 375 g/mol. The Hall–Kier alpha value is -1.59. The highest BCUT2D eigenvalue weighted by atomic mass is 79.9. The van der Waals surface area contributed by atoms with E-state index >= 15 is 0 Å². The molecule has 112 valence electrons. The van der Waals surface area contributed by atoms with E-state index < -0.39 is 0 Å². The Morgan fingerprint density at radius 1 is 1.18 bits per heavy atom. The molecule has 1 aromatic carbocycles. The normalized spacial score (nSPS) is 19.6. The van der Waals surface area contributed by atoms with Crippen molar-refractivity contribution >= 4 is 39.2 Å². The molecule has 0 saturated carbocycles. The molecule has 1 N–H and O–H groups in total. The van der Waals surface area contributed by atoms with Crippen molar-refractivity contribution in [2.75, 3.05) is 11.9 Å². The van der Waals surface area contributed by atoms with Crippen molar-refractivity contribution in [3.05, 3.63) is 71.5 Å². The van der Waals surface area contributed by atoms with Gasteiger partial charge in [-0.05, 0) is 0 Å². The van der Waals surface area contributed by atoms with Crippen LogP contribution in [0.2, 0.25) is 0 Å². The average molecular weight is 376 g/mol. The van der Waals surface area contributed by atoms with Gasteiger partial charge in [0.15, 0.2) is 12.4 Å². The van der Waals surface area contributed by atoms with Crippen LogP contribution < -0.4 is 9.88 Å². The molecular weight excluding hydrogens is 360 g/mol. The van der Waals surface area contributed by atoms with E-state index in [-0.39, 0.29) is 5.78 Å². The molecule has 0 amide bonds. The van der Waals surface area contributed by atoms with Crippen LogP contribution in [-0.2, 0) is 0 Å². The number of hydrogen-bond acceptors (Lipinski definition) is 3. The first-order chi connectivity index (χ1) is 10.8. The van der Waals surface area contributed by atoms with Crippen LogP contribution in [0.15, 0.2) is 66.0 Å². The van der Waals surface area contributed by atoms with Crippen LogP contribution >= 0.6 is 27.7 Å². The highest BCUT2D eigenvalue weighted by Gasteiger charge is 2.31. The van der Waals surface area contributed by atoms with Crippen LogP contribution in [0.3, 0.4) is 0 Å². The number of pyridine rings is 1. The van der Waals surface area contributed by atoms with Crippen molar-refractivity contribution in [1.29, 1.82) is 0 Å². The molecule has 1 fully saturated rings. The van der Waals surface area contributed by atoms with Crippen LogP contribution in [-0.4, -0.2) is 22.9 Å². The summed E-state index contributed by atoms with van der Waals surface area (Å²) in [5.74, 6) is 0.0297. The quantitative estimate of drug-likeness (QED) is 0.385. The zero-order chi connectivity index (χ0) is 15.4. The predicted octanol–water partition coefficient (Wildman–Crippen LogP) is 3.08. The van der Waals surface area contributed by atoms with Crippen molar-refractivity contribution in [2.45, 2.75) is 5.25 Å². The molecule has 1 aromatic heterocycles. The van der Waals surface area contributed by atoms with Gasteiger partial charge in [-0.2, -0.15) is 4.57 Å². The van der Waals surface area contributed by atoms with E-state index in [0.29, 0.717) is 16.5 Å². The lowest BCUT2D eigenvalue weighted by Crippen LogP contribution is -2.37. The van der Waals surface area contributed by atoms with Crippen molar-refractivity contribution in [3.63, 3.8) is 0 Å². The largest absolute Gasteiger partial charge is 0.373 e. The number of rotatable bonds is 4. The van der Waals surface area contributed by atoms with E-state index in [1.807, 2.05) is 65.5 Å². The van der Waals surface area contributed by atoms with Crippen LogP contribution in [0.4, 0.5) is 0 Å². The Bertz CT molecular complexity index is 688. The number of benzene rings is 1. The molecule has 5 heteroatoms. The van der Waals surface area contributed by atoms with Crippen LogP contribution in [0, 0.1) is 0 Å². The fourth-order valence-corrected chi connectivity index (χ4v) is 3.96. The number of nitrogens with one attached hydrogen (secondary N) is 1. The summed E-state index contributed by atoms with van der Waals surface area (Å²) in [6.45, 7) is 0.865. The molecule has 0 bridgehead atoms. The van der Waals surface area contributed by atoms with Gasteiger partial charge in [-0.15, -0.1) is 0 Å². The first-order valence-corrected chi connectivity index (χ1v) is 9.07. The maximum Gasteiger partial charge on any atom is 0.289 e. The van der Waals surface area contributed by atoms with Gasteiger partial charge < -0.3 is 5.32 Å². The summed E-state index contributed by atoms with van der Waals surface area (Å²) in [6.07, 6.45) is 3.82. The molecule has 2 aromatic rings. The molecule has 1 aliphatic heterocycles. The van der Waals surface area contributed by atoms with Crippen molar-refractivity contribution in [2.24, 2.45) is 0 Å². The maximum absolute atomic E-state index is 13.0. The lowest BCUT2D eigenvalue weighted by molar-refractivity contribution is -0.577. The third kappa shape index (κ3) is 3.25. The SMILES string of the molecule is O=C(/C(=C1\NC[C@H](CBr)S1)[n+]1ccccc1)c1ccccc1. The van der Waals surface area contributed by atoms with Gasteiger partial charge in [-0.3, -0.25) is 4.79 Å². The molecule has 22 heavy (non-hydrogen) atoms. The van der Waals surface area contributed by atoms with Gasteiger partial charge in [0.25, 0.3) is 11.5 Å². The Balaban J connectivity index is 2.05. The molecule has 3 rings (SSSR count). The molecule has 0 unspecified atom stereocenters. The first kappa shape index (κ1) is 15.3. The molecule has 0 aliphatic carbocycles. The van der Waals surface area contributed by atoms with Crippen LogP contribution in [0.25, 0.3) is 5.70 Å². The number of thioether (sulfide) groups is 1. The maximum atomic E-state index is 13.0. The minimum atomic E-state index is 0.0297. The predicted molar refractivity (Wildman–Crippen MR) is 93.8 cm³/mol. The number of aromatic nitrogens is 1. The summed E-state index contributed by atoms with van der Waals surface area (Å²) in [5.41, 5.74) is 1.38. The molecule has 1 atom stereocenters. The Morgan fingerprint density at radius 3 is 2.50 bits per heavy atom. The first-order valence-electron chi connectivity index (χ1n) is 7.07. The standard InChI is InChI=1S/C17H15BrN2OS/c18-11-14-12-19-17(22-14)15(20-9-5-2-6-10-20)16(21)13-7-3-1-4-8-13/h1-10,14H,11-12H2/p+1/t14-/m0/s1. The Labute approximate surface area is 142 Å². The highest BCUT2D eigenvalue weighted by molar-refractivity contribution is 9.09. The molecule has 0 radical (unpaired) electrons. The number of alkyl halides is 1. The minimum Gasteiger partial charge on any atom is -0.373 e. The van der Waals surface area contributed by atoms with Gasteiger partial charge in [0.2, 0.25) is 0 Å². The van der Waals surface area contributed by atoms with E-state index in [1.165, 1.54) is 0 Å². The lowest BCUT2D eigenvalue weighted by Gasteiger charge is -2.05. The number of nitrogens with zero attached hydrogens (tertiary/aromatic N) is 1. The molecule has 2 heterocycles. The molecular formula is C17H16BrN2OS+. The number of ketones is 1. The van der Waals surface area contributed by atoms with Crippen LogP contribution in [0.1, 0.15) is 10.4 Å². The van der Waals surface area contributed by atoms with Gasteiger partial charge in [-0.25, -0.2) is 0 Å². The summed E-state index contributed by atoms with van der Waals surface area (Å²) in [6, 6.07) is 15.2. The van der Waals surface area contributed by atoms with Crippen molar-refractivity contribution in [3.8, 4) is 0 Å². The van der Waals surface area contributed by atoms with Crippen molar-refractivity contribution < 1.29 is 9.36 Å². The number of carbonyl (C=O) groups excluding carboxylic acids is 1. The third-order valence-corrected chi connectivity index (χ3v) is 5.84. The van der Waals surface area contributed by atoms with Gasteiger partial charge in [0, 0.05) is 34.8 Å². The number of hydrogen-bond donors (Lipinski definition) is 1. The van der Waals surface area contributed by atoms with E-state index in [2.05, 4.69) is 21.2 Å². The second-order valence-corrected chi connectivity index (χ2v) is 6.89. The molecule has 0 spiro atoms. The zero-order valence-electron chi connectivity index (χ0n) is 11.9. The summed E-state index contributed by atoms with van der Waals surface area (Å²) in [7, 11) is 0. The molecule has 3 nitrogen and oxygen atoms in total. The fourth-order valence-electron chi connectivity index (χ4n) is 2.29. The second kappa shape index (κ2) is 7.11. The second-order valence-electron chi connectivity index (χ2n) is 4.93. The Kier molecular flexibility index (Phi) is 4.95. The number of carbonyl (C=O) groups is 1. The summed E-state index contributed by atoms with van der Waals surface area (Å²) in [5, 5.41) is 5.66.